The first kappa shape index (κ1) is 14.6. The van der Waals surface area contributed by atoms with Crippen molar-refractivity contribution in [2.75, 3.05) is 31.2 Å². The van der Waals surface area contributed by atoms with Crippen LogP contribution in [0.25, 0.3) is 10.9 Å². The summed E-state index contributed by atoms with van der Waals surface area (Å²) in [6.45, 7) is 5.39. The van der Waals surface area contributed by atoms with E-state index in [-0.39, 0.29) is 5.56 Å². The van der Waals surface area contributed by atoms with Crippen molar-refractivity contribution < 1.29 is 14.6 Å². The second kappa shape index (κ2) is 5.81. The lowest BCUT2D eigenvalue weighted by Crippen LogP contribution is -2.36. The van der Waals surface area contributed by atoms with E-state index < -0.39 is 11.4 Å². The van der Waals surface area contributed by atoms with Gasteiger partial charge in [-0.25, -0.2) is 4.79 Å². The number of aromatic carboxylic acids is 1. The number of nitrogens with zero attached hydrogens (tertiary/aromatic N) is 2. The van der Waals surface area contributed by atoms with Gasteiger partial charge in [0.15, 0.2) is 0 Å². The highest BCUT2D eigenvalue weighted by Crippen LogP contribution is 2.22. The van der Waals surface area contributed by atoms with Gasteiger partial charge in [-0.1, -0.05) is 0 Å². The van der Waals surface area contributed by atoms with Crippen LogP contribution in [-0.4, -0.2) is 41.9 Å². The number of fused-ring (bicyclic) bond motifs is 1. The summed E-state index contributed by atoms with van der Waals surface area (Å²) in [7, 11) is 0. The molecule has 0 unspecified atom stereocenters. The number of benzene rings is 1. The number of carboxylic acid groups (broad SMARTS) is 1. The number of carboxylic acids is 1. The van der Waals surface area contributed by atoms with Gasteiger partial charge in [-0.2, -0.15) is 0 Å². The van der Waals surface area contributed by atoms with Gasteiger partial charge in [-0.05, 0) is 25.1 Å². The number of aromatic nitrogens is 1. The van der Waals surface area contributed by atoms with E-state index in [0.29, 0.717) is 25.1 Å². The third kappa shape index (κ3) is 2.46. The SMILES string of the molecule is CCn1cc(C(=O)O)c(=O)c2cc(N3CCOCC3)ccc21. The molecule has 1 fully saturated rings. The van der Waals surface area contributed by atoms with Crippen molar-refractivity contribution in [1.29, 1.82) is 0 Å². The van der Waals surface area contributed by atoms with E-state index in [9.17, 15) is 14.7 Å². The molecule has 0 bridgehead atoms. The van der Waals surface area contributed by atoms with Crippen LogP contribution in [0.2, 0.25) is 0 Å². The first-order chi connectivity index (χ1) is 10.6. The lowest BCUT2D eigenvalue weighted by atomic mass is 10.1. The molecule has 1 saturated heterocycles. The van der Waals surface area contributed by atoms with Crippen LogP contribution in [0.4, 0.5) is 5.69 Å². The molecule has 22 heavy (non-hydrogen) atoms. The highest BCUT2D eigenvalue weighted by molar-refractivity contribution is 5.93. The number of carbonyl (C=O) groups is 1. The van der Waals surface area contributed by atoms with Gasteiger partial charge in [-0.3, -0.25) is 4.79 Å². The fraction of sp³-hybridized carbons (Fsp3) is 0.375. The maximum Gasteiger partial charge on any atom is 0.341 e. The first-order valence-corrected chi connectivity index (χ1v) is 7.35. The molecule has 6 heteroatoms. The summed E-state index contributed by atoms with van der Waals surface area (Å²) in [5.41, 5.74) is 1.07. The minimum Gasteiger partial charge on any atom is -0.477 e. The Bertz CT molecular complexity index is 776. The molecule has 1 aromatic heterocycles. The molecule has 1 aliphatic rings. The lowest BCUT2D eigenvalue weighted by molar-refractivity contribution is 0.0695. The predicted octanol–water partition coefficient (Wildman–Crippen LogP) is 1.56. The zero-order chi connectivity index (χ0) is 15.7. The highest BCUT2D eigenvalue weighted by Gasteiger charge is 2.16. The average molecular weight is 302 g/mol. The molecule has 0 atom stereocenters. The third-order valence-corrected chi connectivity index (χ3v) is 4.01. The molecule has 0 amide bonds. The van der Waals surface area contributed by atoms with Gasteiger partial charge in [0.25, 0.3) is 0 Å². The number of hydrogen-bond acceptors (Lipinski definition) is 4. The summed E-state index contributed by atoms with van der Waals surface area (Å²) in [5, 5.41) is 9.67. The van der Waals surface area contributed by atoms with Crippen molar-refractivity contribution in [1.82, 2.24) is 4.57 Å². The third-order valence-electron chi connectivity index (χ3n) is 4.01. The molecule has 0 saturated carbocycles. The van der Waals surface area contributed by atoms with Crippen molar-refractivity contribution in [2.45, 2.75) is 13.5 Å². The summed E-state index contributed by atoms with van der Waals surface area (Å²) in [6.07, 6.45) is 1.42. The number of morpholine rings is 1. The Kier molecular flexibility index (Phi) is 3.85. The van der Waals surface area contributed by atoms with Crippen LogP contribution in [0.15, 0.2) is 29.2 Å². The van der Waals surface area contributed by atoms with E-state index >= 15 is 0 Å². The van der Waals surface area contributed by atoms with Gasteiger partial charge >= 0.3 is 5.97 Å². The number of pyridine rings is 1. The van der Waals surface area contributed by atoms with Crippen molar-refractivity contribution in [3.8, 4) is 0 Å². The monoisotopic (exact) mass is 302 g/mol. The summed E-state index contributed by atoms with van der Waals surface area (Å²) < 4.78 is 7.13. The van der Waals surface area contributed by atoms with Gasteiger partial charge in [0, 0.05) is 36.9 Å². The van der Waals surface area contributed by atoms with Gasteiger partial charge in [0.1, 0.15) is 5.56 Å². The summed E-state index contributed by atoms with van der Waals surface area (Å²) >= 11 is 0. The molecule has 2 aromatic rings. The van der Waals surface area contributed by atoms with Crippen LogP contribution in [0, 0.1) is 0 Å². The Morgan fingerprint density at radius 1 is 1.32 bits per heavy atom. The van der Waals surface area contributed by atoms with Crippen molar-refractivity contribution >= 4 is 22.6 Å². The normalized spacial score (nSPS) is 15.2. The van der Waals surface area contributed by atoms with Crippen LogP contribution in [0.3, 0.4) is 0 Å². The Morgan fingerprint density at radius 2 is 2.05 bits per heavy atom. The topological polar surface area (TPSA) is 71.8 Å². The second-order valence-electron chi connectivity index (χ2n) is 5.26. The van der Waals surface area contributed by atoms with Gasteiger partial charge in [0.2, 0.25) is 5.43 Å². The Balaban J connectivity index is 2.19. The zero-order valence-electron chi connectivity index (χ0n) is 12.4. The minimum absolute atomic E-state index is 0.187. The van der Waals surface area contributed by atoms with E-state index in [4.69, 9.17) is 4.74 Å². The molecule has 3 rings (SSSR count). The van der Waals surface area contributed by atoms with Gasteiger partial charge in [0.05, 0.1) is 18.7 Å². The van der Waals surface area contributed by atoms with Crippen molar-refractivity contribution in [3.63, 3.8) is 0 Å². The molecule has 6 nitrogen and oxygen atoms in total. The van der Waals surface area contributed by atoms with Gasteiger partial charge < -0.3 is 19.3 Å². The quantitative estimate of drug-likeness (QED) is 0.931. The molecule has 1 aromatic carbocycles. The van der Waals surface area contributed by atoms with Crippen LogP contribution < -0.4 is 10.3 Å². The lowest BCUT2D eigenvalue weighted by Gasteiger charge is -2.29. The molecule has 0 spiro atoms. The maximum absolute atomic E-state index is 12.4. The molecule has 1 aliphatic heterocycles. The predicted molar refractivity (Wildman–Crippen MR) is 83.9 cm³/mol. The van der Waals surface area contributed by atoms with E-state index in [1.807, 2.05) is 19.1 Å². The number of hydrogen-bond donors (Lipinski definition) is 1. The Morgan fingerprint density at radius 3 is 2.68 bits per heavy atom. The molecule has 2 heterocycles. The van der Waals surface area contributed by atoms with Gasteiger partial charge in [-0.15, -0.1) is 0 Å². The van der Waals surface area contributed by atoms with Crippen LogP contribution >= 0.6 is 0 Å². The summed E-state index contributed by atoms with van der Waals surface area (Å²) in [4.78, 5) is 25.9. The maximum atomic E-state index is 12.4. The molecule has 0 aliphatic carbocycles. The van der Waals surface area contributed by atoms with Crippen molar-refractivity contribution in [2.24, 2.45) is 0 Å². The average Bonchev–Trinajstić information content (AvgIpc) is 2.55. The number of anilines is 1. The zero-order valence-corrected chi connectivity index (χ0v) is 12.4. The number of rotatable bonds is 3. The number of aryl methyl sites for hydroxylation is 1. The standard InChI is InChI=1S/C16H18N2O4/c1-2-17-10-13(16(20)21)15(19)12-9-11(3-4-14(12)17)18-5-7-22-8-6-18/h3-4,9-10H,2,5-8H2,1H3,(H,20,21). The largest absolute Gasteiger partial charge is 0.477 e. The van der Waals surface area contributed by atoms with E-state index in [1.165, 1.54) is 6.20 Å². The van der Waals surface area contributed by atoms with E-state index in [2.05, 4.69) is 4.90 Å². The fourth-order valence-corrected chi connectivity index (χ4v) is 2.82. The van der Waals surface area contributed by atoms with Crippen LogP contribution in [-0.2, 0) is 11.3 Å². The van der Waals surface area contributed by atoms with E-state index in [1.54, 1.807) is 10.6 Å². The summed E-state index contributed by atoms with van der Waals surface area (Å²) in [5.74, 6) is -1.19. The Hall–Kier alpha value is -2.34. The van der Waals surface area contributed by atoms with Crippen LogP contribution in [0.5, 0.6) is 0 Å². The summed E-state index contributed by atoms with van der Waals surface area (Å²) in [6, 6.07) is 5.65. The fourth-order valence-electron chi connectivity index (χ4n) is 2.82. The molecule has 0 radical (unpaired) electrons. The highest BCUT2D eigenvalue weighted by atomic mass is 16.5. The first-order valence-electron chi connectivity index (χ1n) is 7.35. The van der Waals surface area contributed by atoms with Crippen molar-refractivity contribution in [3.05, 3.63) is 40.2 Å². The molecular weight excluding hydrogens is 284 g/mol. The Labute approximate surface area is 127 Å². The van der Waals surface area contributed by atoms with E-state index in [0.717, 1.165) is 24.3 Å². The molecule has 116 valence electrons. The second-order valence-corrected chi connectivity index (χ2v) is 5.26. The minimum atomic E-state index is -1.19. The smallest absolute Gasteiger partial charge is 0.341 e. The molecular formula is C16H18N2O4. The molecule has 1 N–H and O–H groups in total. The number of ether oxygens (including phenoxy) is 1. The van der Waals surface area contributed by atoms with Crippen LogP contribution in [0.1, 0.15) is 17.3 Å².